The van der Waals surface area contributed by atoms with E-state index >= 15 is 0 Å². The third-order valence-corrected chi connectivity index (χ3v) is 7.88. The van der Waals surface area contributed by atoms with Gasteiger partial charge >= 0.3 is 0 Å². The summed E-state index contributed by atoms with van der Waals surface area (Å²) in [5.74, 6) is 0.221. The molecule has 3 aromatic rings. The van der Waals surface area contributed by atoms with E-state index in [0.717, 1.165) is 16.8 Å². The van der Waals surface area contributed by atoms with Crippen molar-refractivity contribution in [2.75, 3.05) is 16.7 Å². The van der Waals surface area contributed by atoms with Gasteiger partial charge < -0.3 is 10.1 Å². The number of carbonyl (C=O) groups excluding carboxylic acids is 1. The zero-order valence-corrected chi connectivity index (χ0v) is 18.9. The Bertz CT molecular complexity index is 1100. The first kappa shape index (κ1) is 21.9. The molecule has 3 rings (SSSR count). The van der Waals surface area contributed by atoms with Crippen molar-refractivity contribution in [1.82, 2.24) is 0 Å². The van der Waals surface area contributed by atoms with Gasteiger partial charge in [0.05, 0.1) is 5.69 Å². The highest BCUT2D eigenvalue weighted by Crippen LogP contribution is 2.27. The normalized spacial score (nSPS) is 12.3. The van der Waals surface area contributed by atoms with Crippen molar-refractivity contribution < 1.29 is 17.9 Å². The van der Waals surface area contributed by atoms with Gasteiger partial charge in [0.15, 0.2) is 6.10 Å². The topological polar surface area (TPSA) is 75.7 Å². The third-order valence-electron chi connectivity index (χ3n) is 4.72. The van der Waals surface area contributed by atoms with E-state index in [2.05, 4.69) is 5.32 Å². The fourth-order valence-electron chi connectivity index (χ4n) is 2.91. The molecule has 8 heteroatoms. The van der Waals surface area contributed by atoms with Gasteiger partial charge in [0.1, 0.15) is 9.96 Å². The highest BCUT2D eigenvalue weighted by molar-refractivity contribution is 7.94. The maximum Gasteiger partial charge on any atom is 0.273 e. The molecule has 0 saturated carbocycles. The number of thiophene rings is 1. The quantitative estimate of drug-likeness (QED) is 0.578. The predicted molar refractivity (Wildman–Crippen MR) is 121 cm³/mol. The summed E-state index contributed by atoms with van der Waals surface area (Å²) in [5.41, 5.74) is 3.25. The minimum atomic E-state index is -3.59. The van der Waals surface area contributed by atoms with Crippen molar-refractivity contribution in [3.8, 4) is 5.75 Å². The van der Waals surface area contributed by atoms with Crippen LogP contribution in [0.2, 0.25) is 0 Å². The molecule has 0 bridgehead atoms. The number of hydrogen-bond donors (Lipinski definition) is 1. The highest BCUT2D eigenvalue weighted by atomic mass is 32.2. The summed E-state index contributed by atoms with van der Waals surface area (Å²) in [6.07, 6.45) is -0.720. The number of carbonyl (C=O) groups is 1. The van der Waals surface area contributed by atoms with E-state index in [0.29, 0.717) is 11.4 Å². The molecular formula is C22H24N2O4S2. The molecule has 0 aliphatic rings. The average Bonchev–Trinajstić information content (AvgIpc) is 3.26. The summed E-state index contributed by atoms with van der Waals surface area (Å²) < 4.78 is 32.5. The Labute approximate surface area is 181 Å². The Kier molecular flexibility index (Phi) is 6.48. The maximum atomic E-state index is 12.6. The van der Waals surface area contributed by atoms with Crippen LogP contribution in [0.4, 0.5) is 11.4 Å². The molecule has 0 unspecified atom stereocenters. The number of amides is 1. The molecule has 1 heterocycles. The predicted octanol–water partition coefficient (Wildman–Crippen LogP) is 4.60. The van der Waals surface area contributed by atoms with Crippen molar-refractivity contribution in [3.63, 3.8) is 0 Å². The molecule has 6 nitrogen and oxygen atoms in total. The zero-order chi connectivity index (χ0) is 21.9. The van der Waals surface area contributed by atoms with Gasteiger partial charge in [-0.3, -0.25) is 9.10 Å². The van der Waals surface area contributed by atoms with Crippen LogP contribution in [0.5, 0.6) is 5.75 Å². The monoisotopic (exact) mass is 444 g/mol. The van der Waals surface area contributed by atoms with Crippen molar-refractivity contribution in [1.29, 1.82) is 0 Å². The number of aryl methyl sites for hydroxylation is 2. The first-order valence-corrected chi connectivity index (χ1v) is 11.7. The maximum absolute atomic E-state index is 12.6. The van der Waals surface area contributed by atoms with E-state index in [1.807, 2.05) is 32.0 Å². The SMILES string of the molecule is Cc1cccc(C)c1NC(=O)[C@H](C)Oc1ccc(N(C)S(=O)(=O)c2cccs2)cc1. The molecule has 0 saturated heterocycles. The van der Waals surface area contributed by atoms with Crippen molar-refractivity contribution in [2.45, 2.75) is 31.1 Å². The summed E-state index contributed by atoms with van der Waals surface area (Å²) in [7, 11) is -2.09. The van der Waals surface area contributed by atoms with E-state index in [-0.39, 0.29) is 10.1 Å². The number of ether oxygens (including phenoxy) is 1. The summed E-state index contributed by atoms with van der Waals surface area (Å²) >= 11 is 1.17. The molecule has 1 atom stereocenters. The van der Waals surface area contributed by atoms with E-state index in [1.165, 1.54) is 22.7 Å². The van der Waals surface area contributed by atoms with Gasteiger partial charge in [-0.15, -0.1) is 11.3 Å². The standard InChI is InChI=1S/C22H24N2O4S2/c1-15-7-5-8-16(2)21(15)23-22(25)17(3)28-19-12-10-18(11-13-19)24(4)30(26,27)20-9-6-14-29-20/h5-14,17H,1-4H3,(H,23,25)/t17-/m0/s1. The second kappa shape index (κ2) is 8.89. The third kappa shape index (κ3) is 4.66. The molecule has 1 aromatic heterocycles. The molecule has 0 aliphatic carbocycles. The van der Waals surface area contributed by atoms with Gasteiger partial charge in [0.25, 0.3) is 15.9 Å². The number of rotatable bonds is 7. The van der Waals surface area contributed by atoms with Crippen LogP contribution in [0.25, 0.3) is 0 Å². The van der Waals surface area contributed by atoms with E-state index in [9.17, 15) is 13.2 Å². The lowest BCUT2D eigenvalue weighted by atomic mass is 10.1. The van der Waals surface area contributed by atoms with Crippen LogP contribution in [0.15, 0.2) is 64.2 Å². The van der Waals surface area contributed by atoms with Crippen molar-refractivity contribution in [2.24, 2.45) is 0 Å². The number of sulfonamides is 1. The number of nitrogens with one attached hydrogen (secondary N) is 1. The Morgan fingerprint density at radius 1 is 1.03 bits per heavy atom. The molecule has 0 aliphatic heterocycles. The van der Waals surface area contributed by atoms with Crippen LogP contribution in [0.1, 0.15) is 18.1 Å². The van der Waals surface area contributed by atoms with Crippen LogP contribution in [0, 0.1) is 13.8 Å². The lowest BCUT2D eigenvalue weighted by Gasteiger charge is -2.20. The van der Waals surface area contributed by atoms with Crippen LogP contribution in [0.3, 0.4) is 0 Å². The zero-order valence-electron chi connectivity index (χ0n) is 17.2. The fraction of sp³-hybridized carbons (Fsp3) is 0.227. The molecule has 0 fully saturated rings. The Morgan fingerprint density at radius 2 is 1.67 bits per heavy atom. The first-order valence-electron chi connectivity index (χ1n) is 9.36. The van der Waals surface area contributed by atoms with Crippen molar-refractivity contribution >= 4 is 38.6 Å². The molecule has 158 valence electrons. The number of para-hydroxylation sites is 1. The molecule has 1 N–H and O–H groups in total. The summed E-state index contributed by atoms with van der Waals surface area (Å²) in [6.45, 7) is 5.55. The molecule has 2 aromatic carbocycles. The number of hydrogen-bond acceptors (Lipinski definition) is 5. The highest BCUT2D eigenvalue weighted by Gasteiger charge is 2.22. The minimum absolute atomic E-state index is 0.256. The number of anilines is 2. The Morgan fingerprint density at radius 3 is 2.23 bits per heavy atom. The van der Waals surface area contributed by atoms with E-state index in [1.54, 1.807) is 48.7 Å². The van der Waals surface area contributed by atoms with Crippen molar-refractivity contribution in [3.05, 3.63) is 71.1 Å². The van der Waals surface area contributed by atoms with Gasteiger partial charge in [0.2, 0.25) is 0 Å². The molecular weight excluding hydrogens is 420 g/mol. The van der Waals surface area contributed by atoms with Crippen LogP contribution in [-0.2, 0) is 14.8 Å². The lowest BCUT2D eigenvalue weighted by Crippen LogP contribution is -2.30. The number of benzene rings is 2. The molecule has 0 radical (unpaired) electrons. The van der Waals surface area contributed by atoms with Gasteiger partial charge in [-0.2, -0.15) is 0 Å². The summed E-state index contributed by atoms with van der Waals surface area (Å²) in [4.78, 5) is 12.5. The summed E-state index contributed by atoms with van der Waals surface area (Å²) in [6, 6.07) is 15.7. The molecule has 0 spiro atoms. The largest absolute Gasteiger partial charge is 0.481 e. The van der Waals surface area contributed by atoms with Crippen LogP contribution < -0.4 is 14.4 Å². The van der Waals surface area contributed by atoms with Gasteiger partial charge in [-0.25, -0.2) is 8.42 Å². The fourth-order valence-corrected chi connectivity index (χ4v) is 5.27. The smallest absolute Gasteiger partial charge is 0.273 e. The lowest BCUT2D eigenvalue weighted by molar-refractivity contribution is -0.122. The number of nitrogens with zero attached hydrogens (tertiary/aromatic N) is 1. The van der Waals surface area contributed by atoms with E-state index in [4.69, 9.17) is 4.74 Å². The second-order valence-corrected chi connectivity index (χ2v) is 10.1. The minimum Gasteiger partial charge on any atom is -0.481 e. The average molecular weight is 445 g/mol. The second-order valence-electron chi connectivity index (χ2n) is 6.91. The molecule has 1 amide bonds. The first-order chi connectivity index (χ1) is 14.2. The Balaban J connectivity index is 1.67. The van der Waals surface area contributed by atoms with Crippen LogP contribution in [-0.4, -0.2) is 27.5 Å². The van der Waals surface area contributed by atoms with Gasteiger partial charge in [0, 0.05) is 12.7 Å². The van der Waals surface area contributed by atoms with Gasteiger partial charge in [-0.05, 0) is 67.6 Å². The molecule has 30 heavy (non-hydrogen) atoms. The summed E-state index contributed by atoms with van der Waals surface area (Å²) in [5, 5.41) is 4.64. The van der Waals surface area contributed by atoms with Crippen LogP contribution >= 0.6 is 11.3 Å². The van der Waals surface area contributed by atoms with E-state index < -0.39 is 16.1 Å². The van der Waals surface area contributed by atoms with Gasteiger partial charge in [-0.1, -0.05) is 24.3 Å². The Hall–Kier alpha value is -2.84.